The number of aryl methyl sites for hydroxylation is 1. The number of aromatic nitrogens is 1. The molecular formula is C13H11N3O. The summed E-state index contributed by atoms with van der Waals surface area (Å²) in [6.45, 7) is 1.90. The molecule has 0 bridgehead atoms. The molecule has 4 nitrogen and oxygen atoms in total. The van der Waals surface area contributed by atoms with Crippen molar-refractivity contribution in [2.24, 2.45) is 0 Å². The summed E-state index contributed by atoms with van der Waals surface area (Å²) in [5.74, 6) is 1.12. The Hall–Kier alpha value is -2.54. The number of hydrogen-bond donors (Lipinski definition) is 1. The number of nitrogens with two attached hydrogens (primary N) is 1. The number of rotatable bonds is 2. The van der Waals surface area contributed by atoms with Crippen LogP contribution in [0.4, 0.5) is 5.69 Å². The van der Waals surface area contributed by atoms with Crippen LogP contribution in [-0.4, -0.2) is 4.98 Å². The fourth-order valence-electron chi connectivity index (χ4n) is 1.46. The number of ether oxygens (including phenoxy) is 1. The molecule has 0 unspecified atom stereocenters. The predicted molar refractivity (Wildman–Crippen MR) is 64.6 cm³/mol. The van der Waals surface area contributed by atoms with Gasteiger partial charge < -0.3 is 10.5 Å². The molecule has 0 aliphatic heterocycles. The summed E-state index contributed by atoms with van der Waals surface area (Å²) in [6, 6.07) is 10.8. The Morgan fingerprint density at radius 1 is 1.29 bits per heavy atom. The quantitative estimate of drug-likeness (QED) is 0.797. The minimum absolute atomic E-state index is 0.267. The van der Waals surface area contributed by atoms with Crippen molar-refractivity contribution in [3.8, 4) is 17.6 Å². The van der Waals surface area contributed by atoms with Gasteiger partial charge in [-0.05, 0) is 42.8 Å². The lowest BCUT2D eigenvalue weighted by molar-refractivity contribution is 0.475. The largest absolute Gasteiger partial charge is 0.454 e. The average Bonchev–Trinajstić information content (AvgIpc) is 2.33. The van der Waals surface area contributed by atoms with Crippen molar-refractivity contribution in [1.29, 1.82) is 5.26 Å². The molecule has 0 aliphatic rings. The highest BCUT2D eigenvalue weighted by Gasteiger charge is 2.06. The minimum atomic E-state index is 0.267. The molecule has 0 saturated heterocycles. The van der Waals surface area contributed by atoms with Gasteiger partial charge in [-0.3, -0.25) is 0 Å². The lowest BCUT2D eigenvalue weighted by atomic mass is 10.2. The first-order valence-corrected chi connectivity index (χ1v) is 5.10. The molecule has 0 amide bonds. The fourth-order valence-corrected chi connectivity index (χ4v) is 1.46. The van der Waals surface area contributed by atoms with Gasteiger partial charge in [0.2, 0.25) is 0 Å². The van der Waals surface area contributed by atoms with Gasteiger partial charge in [0.15, 0.2) is 11.4 Å². The van der Waals surface area contributed by atoms with Crippen LogP contribution in [0.5, 0.6) is 11.5 Å². The molecule has 2 aromatic rings. The zero-order valence-electron chi connectivity index (χ0n) is 9.34. The zero-order valence-corrected chi connectivity index (χ0v) is 9.34. The maximum Gasteiger partial charge on any atom is 0.183 e. The van der Waals surface area contributed by atoms with E-state index in [0.717, 1.165) is 5.56 Å². The van der Waals surface area contributed by atoms with Crippen molar-refractivity contribution >= 4 is 5.69 Å². The Morgan fingerprint density at radius 3 is 2.82 bits per heavy atom. The molecule has 17 heavy (non-hydrogen) atoms. The maximum atomic E-state index is 8.90. The monoisotopic (exact) mass is 225 g/mol. The number of nitrogen functional groups attached to an aromatic ring is 1. The van der Waals surface area contributed by atoms with Gasteiger partial charge in [-0.1, -0.05) is 0 Å². The highest BCUT2D eigenvalue weighted by atomic mass is 16.5. The lowest BCUT2D eigenvalue weighted by Crippen LogP contribution is -1.93. The van der Waals surface area contributed by atoms with E-state index in [9.17, 15) is 0 Å². The van der Waals surface area contributed by atoms with Gasteiger partial charge in [0.05, 0.1) is 0 Å². The van der Waals surface area contributed by atoms with Gasteiger partial charge in [-0.2, -0.15) is 5.26 Å². The van der Waals surface area contributed by atoms with E-state index in [1.165, 1.54) is 0 Å². The van der Waals surface area contributed by atoms with Crippen LogP contribution in [0.3, 0.4) is 0 Å². The van der Waals surface area contributed by atoms with Crippen LogP contribution in [-0.2, 0) is 0 Å². The van der Waals surface area contributed by atoms with Crippen molar-refractivity contribution in [2.45, 2.75) is 6.92 Å². The summed E-state index contributed by atoms with van der Waals surface area (Å²) in [5.41, 5.74) is 7.52. The highest BCUT2D eigenvalue weighted by Crippen LogP contribution is 2.27. The Balaban J connectivity index is 2.35. The summed E-state index contributed by atoms with van der Waals surface area (Å²) in [4.78, 5) is 3.93. The number of benzene rings is 1. The van der Waals surface area contributed by atoms with Crippen LogP contribution < -0.4 is 10.5 Å². The van der Waals surface area contributed by atoms with E-state index in [1.54, 1.807) is 30.5 Å². The summed E-state index contributed by atoms with van der Waals surface area (Å²) >= 11 is 0. The summed E-state index contributed by atoms with van der Waals surface area (Å²) in [5, 5.41) is 8.90. The van der Waals surface area contributed by atoms with Crippen molar-refractivity contribution < 1.29 is 4.74 Å². The maximum absolute atomic E-state index is 8.90. The van der Waals surface area contributed by atoms with Crippen LogP contribution >= 0.6 is 0 Å². The molecule has 1 heterocycles. The first kappa shape index (κ1) is 11.0. The first-order valence-electron chi connectivity index (χ1n) is 5.10. The van der Waals surface area contributed by atoms with Crippen LogP contribution in [0.2, 0.25) is 0 Å². The highest BCUT2D eigenvalue weighted by molar-refractivity contribution is 5.49. The summed E-state index contributed by atoms with van der Waals surface area (Å²) in [6.07, 6.45) is 1.56. The smallest absolute Gasteiger partial charge is 0.183 e. The Bertz CT molecular complexity index is 587. The second-order valence-electron chi connectivity index (χ2n) is 3.59. The Morgan fingerprint density at radius 2 is 2.12 bits per heavy atom. The molecule has 2 rings (SSSR count). The van der Waals surface area contributed by atoms with Crippen molar-refractivity contribution in [1.82, 2.24) is 4.98 Å². The number of hydrogen-bond acceptors (Lipinski definition) is 4. The van der Waals surface area contributed by atoms with E-state index in [-0.39, 0.29) is 5.69 Å². The zero-order chi connectivity index (χ0) is 12.3. The standard InChI is InChI=1S/C13H11N3O/c1-9-7-10(15)4-5-12(9)17-13-3-2-6-16-11(13)8-14/h2-7H,15H2,1H3. The van der Waals surface area contributed by atoms with Gasteiger partial charge in [-0.15, -0.1) is 0 Å². The van der Waals surface area contributed by atoms with Crippen molar-refractivity contribution in [3.63, 3.8) is 0 Å². The second kappa shape index (κ2) is 4.54. The van der Waals surface area contributed by atoms with Crippen LogP contribution in [0, 0.1) is 18.3 Å². The van der Waals surface area contributed by atoms with Crippen LogP contribution in [0.15, 0.2) is 36.5 Å². The molecule has 1 aromatic carbocycles. The van der Waals surface area contributed by atoms with Gasteiger partial charge in [-0.25, -0.2) is 4.98 Å². The van der Waals surface area contributed by atoms with Crippen molar-refractivity contribution in [3.05, 3.63) is 47.8 Å². The van der Waals surface area contributed by atoms with Crippen LogP contribution in [0.1, 0.15) is 11.3 Å². The molecule has 0 saturated carbocycles. The fraction of sp³-hybridized carbons (Fsp3) is 0.0769. The topological polar surface area (TPSA) is 71.9 Å². The van der Waals surface area contributed by atoms with E-state index in [1.807, 2.05) is 19.1 Å². The van der Waals surface area contributed by atoms with Gasteiger partial charge in [0.25, 0.3) is 0 Å². The number of nitrogens with zero attached hydrogens (tertiary/aromatic N) is 2. The molecule has 4 heteroatoms. The molecule has 0 aliphatic carbocycles. The third-order valence-electron chi connectivity index (χ3n) is 2.30. The Kier molecular flexibility index (Phi) is 2.93. The first-order chi connectivity index (χ1) is 8.20. The van der Waals surface area contributed by atoms with Crippen LogP contribution in [0.25, 0.3) is 0 Å². The minimum Gasteiger partial charge on any atom is -0.454 e. The molecule has 2 N–H and O–H groups in total. The normalized spacial score (nSPS) is 9.65. The van der Waals surface area contributed by atoms with E-state index in [4.69, 9.17) is 15.7 Å². The van der Waals surface area contributed by atoms with E-state index in [0.29, 0.717) is 17.2 Å². The second-order valence-corrected chi connectivity index (χ2v) is 3.59. The third kappa shape index (κ3) is 2.34. The molecule has 0 fully saturated rings. The SMILES string of the molecule is Cc1cc(N)ccc1Oc1cccnc1C#N. The number of anilines is 1. The van der Waals surface area contributed by atoms with E-state index < -0.39 is 0 Å². The number of pyridine rings is 1. The van der Waals surface area contributed by atoms with E-state index in [2.05, 4.69) is 4.98 Å². The number of nitriles is 1. The lowest BCUT2D eigenvalue weighted by Gasteiger charge is -2.09. The molecule has 1 aromatic heterocycles. The Labute approximate surface area is 99.3 Å². The molecule has 0 radical (unpaired) electrons. The van der Waals surface area contributed by atoms with Gasteiger partial charge >= 0.3 is 0 Å². The molecular weight excluding hydrogens is 214 g/mol. The molecule has 84 valence electrons. The van der Waals surface area contributed by atoms with Gasteiger partial charge in [0, 0.05) is 11.9 Å². The summed E-state index contributed by atoms with van der Waals surface area (Å²) in [7, 11) is 0. The average molecular weight is 225 g/mol. The summed E-state index contributed by atoms with van der Waals surface area (Å²) < 4.78 is 5.65. The third-order valence-corrected chi connectivity index (χ3v) is 2.30. The van der Waals surface area contributed by atoms with E-state index >= 15 is 0 Å². The predicted octanol–water partition coefficient (Wildman–Crippen LogP) is 2.64. The molecule has 0 spiro atoms. The van der Waals surface area contributed by atoms with Gasteiger partial charge in [0.1, 0.15) is 11.8 Å². The molecule has 0 atom stereocenters. The van der Waals surface area contributed by atoms with Crippen molar-refractivity contribution in [2.75, 3.05) is 5.73 Å².